The number of hydrogen-bond acceptors (Lipinski definition) is 3. The van der Waals surface area contributed by atoms with E-state index in [-0.39, 0.29) is 5.69 Å². The van der Waals surface area contributed by atoms with Crippen molar-refractivity contribution in [3.05, 3.63) is 23.9 Å². The number of nitrogens with zero attached hydrogens (tertiary/aromatic N) is 2. The van der Waals surface area contributed by atoms with Crippen LogP contribution in [0.1, 0.15) is 32.9 Å². The number of carbonyl (C=O) groups excluding carboxylic acids is 1. The first-order valence-corrected chi connectivity index (χ1v) is 6.42. The lowest BCUT2D eigenvalue weighted by molar-refractivity contribution is 0.0636. The molecule has 0 spiro atoms. The number of rotatable bonds is 2. The highest BCUT2D eigenvalue weighted by atomic mass is 19.3. The minimum atomic E-state index is -2.68. The summed E-state index contributed by atoms with van der Waals surface area (Å²) in [4.78, 5) is 11.7. The van der Waals surface area contributed by atoms with E-state index >= 15 is 0 Å². The maximum atomic E-state index is 12.9. The van der Waals surface area contributed by atoms with Crippen molar-refractivity contribution < 1.29 is 18.3 Å². The molecule has 0 aliphatic carbocycles. The van der Waals surface area contributed by atoms with Crippen molar-refractivity contribution >= 4 is 22.7 Å². The van der Waals surface area contributed by atoms with Crippen molar-refractivity contribution in [3.8, 4) is 0 Å². The smallest absolute Gasteiger partial charge is 0.412 e. The van der Waals surface area contributed by atoms with Gasteiger partial charge in [-0.05, 0) is 39.0 Å². The van der Waals surface area contributed by atoms with Gasteiger partial charge in [0.25, 0.3) is 6.43 Å². The zero-order valence-corrected chi connectivity index (χ0v) is 12.3. The number of hydrogen-bond donors (Lipinski definition) is 1. The molecule has 1 amide bonds. The van der Waals surface area contributed by atoms with Crippen molar-refractivity contribution in [1.82, 2.24) is 9.78 Å². The van der Waals surface area contributed by atoms with Crippen molar-refractivity contribution in [1.29, 1.82) is 0 Å². The number of alkyl halides is 2. The Hall–Kier alpha value is -2.18. The molecule has 0 saturated carbocycles. The van der Waals surface area contributed by atoms with E-state index in [0.29, 0.717) is 16.6 Å². The Kier molecular flexibility index (Phi) is 3.85. The van der Waals surface area contributed by atoms with Crippen LogP contribution < -0.4 is 5.32 Å². The first-order chi connectivity index (χ1) is 9.67. The van der Waals surface area contributed by atoms with Crippen LogP contribution in [-0.4, -0.2) is 21.5 Å². The highest BCUT2D eigenvalue weighted by molar-refractivity contribution is 5.91. The Bertz CT molecular complexity index is 675. The molecule has 5 nitrogen and oxygen atoms in total. The fourth-order valence-corrected chi connectivity index (χ4v) is 1.95. The van der Waals surface area contributed by atoms with E-state index in [1.807, 2.05) is 0 Å². The fourth-order valence-electron chi connectivity index (χ4n) is 1.95. The Morgan fingerprint density at radius 1 is 1.38 bits per heavy atom. The molecule has 0 atom stereocenters. The third-order valence-electron chi connectivity index (χ3n) is 2.73. The highest BCUT2D eigenvalue weighted by Crippen LogP contribution is 2.29. The number of aromatic nitrogens is 2. The van der Waals surface area contributed by atoms with Crippen LogP contribution in [0.2, 0.25) is 0 Å². The van der Waals surface area contributed by atoms with Gasteiger partial charge in [0.2, 0.25) is 0 Å². The summed E-state index contributed by atoms with van der Waals surface area (Å²) in [6, 6.07) is 4.71. The molecule has 1 aromatic heterocycles. The number of carbonyl (C=O) groups is 1. The van der Waals surface area contributed by atoms with Gasteiger partial charge in [-0.2, -0.15) is 5.10 Å². The largest absolute Gasteiger partial charge is 0.444 e. The van der Waals surface area contributed by atoms with E-state index in [0.717, 1.165) is 0 Å². The molecule has 2 rings (SSSR count). The van der Waals surface area contributed by atoms with Crippen LogP contribution in [0.25, 0.3) is 10.9 Å². The van der Waals surface area contributed by atoms with Gasteiger partial charge in [-0.3, -0.25) is 10.00 Å². The van der Waals surface area contributed by atoms with Gasteiger partial charge in [0.05, 0.1) is 5.52 Å². The van der Waals surface area contributed by atoms with Crippen LogP contribution in [-0.2, 0) is 11.8 Å². The number of nitrogens with one attached hydrogen (secondary N) is 1. The van der Waals surface area contributed by atoms with Crippen molar-refractivity contribution in [2.45, 2.75) is 32.8 Å². The van der Waals surface area contributed by atoms with Crippen LogP contribution in [0.4, 0.5) is 19.3 Å². The lowest BCUT2D eigenvalue weighted by atomic mass is 10.2. The molecule has 1 aromatic carbocycles. The number of amides is 1. The fraction of sp³-hybridized carbons (Fsp3) is 0.429. The van der Waals surface area contributed by atoms with E-state index in [1.54, 1.807) is 40.0 Å². The van der Waals surface area contributed by atoms with E-state index < -0.39 is 18.1 Å². The average Bonchev–Trinajstić information content (AvgIpc) is 2.64. The van der Waals surface area contributed by atoms with Crippen LogP contribution >= 0.6 is 0 Å². The zero-order valence-electron chi connectivity index (χ0n) is 12.3. The third-order valence-corrected chi connectivity index (χ3v) is 2.73. The topological polar surface area (TPSA) is 56.2 Å². The van der Waals surface area contributed by atoms with E-state index in [9.17, 15) is 13.6 Å². The molecule has 0 saturated heterocycles. The second-order valence-electron chi connectivity index (χ2n) is 5.67. The molecule has 0 radical (unpaired) electrons. The molecule has 2 aromatic rings. The van der Waals surface area contributed by atoms with E-state index in [4.69, 9.17) is 4.74 Å². The van der Waals surface area contributed by atoms with Gasteiger partial charge < -0.3 is 4.74 Å². The molecule has 0 bridgehead atoms. The molecular formula is C14H17F2N3O2. The van der Waals surface area contributed by atoms with Gasteiger partial charge in [0.15, 0.2) is 0 Å². The molecule has 114 valence electrons. The molecule has 1 N–H and O–H groups in total. The molecule has 1 heterocycles. The number of halogens is 2. The quantitative estimate of drug-likeness (QED) is 0.915. The summed E-state index contributed by atoms with van der Waals surface area (Å²) in [6.07, 6.45) is -3.31. The van der Waals surface area contributed by atoms with Gasteiger partial charge in [0, 0.05) is 18.1 Å². The monoisotopic (exact) mass is 297 g/mol. The summed E-state index contributed by atoms with van der Waals surface area (Å²) in [7, 11) is 1.59. The summed E-state index contributed by atoms with van der Waals surface area (Å²) in [5.74, 6) is 0. The summed E-state index contributed by atoms with van der Waals surface area (Å²) < 4.78 is 32.4. The number of ether oxygens (including phenoxy) is 1. The molecular weight excluding hydrogens is 280 g/mol. The molecule has 0 aliphatic heterocycles. The van der Waals surface area contributed by atoms with Crippen molar-refractivity contribution in [3.63, 3.8) is 0 Å². The minimum absolute atomic E-state index is 0.305. The summed E-state index contributed by atoms with van der Waals surface area (Å²) in [5, 5.41) is 6.62. The number of aryl methyl sites for hydroxylation is 1. The first-order valence-electron chi connectivity index (χ1n) is 6.42. The van der Waals surface area contributed by atoms with E-state index in [1.165, 1.54) is 10.7 Å². The van der Waals surface area contributed by atoms with E-state index in [2.05, 4.69) is 10.4 Å². The Morgan fingerprint density at radius 3 is 2.62 bits per heavy atom. The van der Waals surface area contributed by atoms with Gasteiger partial charge in [-0.15, -0.1) is 0 Å². The molecule has 21 heavy (non-hydrogen) atoms. The second kappa shape index (κ2) is 5.31. The first kappa shape index (κ1) is 15.2. The number of benzene rings is 1. The van der Waals surface area contributed by atoms with Gasteiger partial charge in [-0.25, -0.2) is 13.6 Å². The van der Waals surface area contributed by atoms with Crippen molar-refractivity contribution in [2.24, 2.45) is 7.05 Å². The molecule has 7 heteroatoms. The molecule has 0 aliphatic rings. The molecule has 0 fully saturated rings. The maximum Gasteiger partial charge on any atom is 0.412 e. The average molecular weight is 297 g/mol. The predicted molar refractivity (Wildman–Crippen MR) is 75.5 cm³/mol. The number of anilines is 1. The van der Waals surface area contributed by atoms with Crippen LogP contribution in [0, 0.1) is 0 Å². The maximum absolute atomic E-state index is 12.9. The molecule has 0 unspecified atom stereocenters. The standard InChI is InChI=1S/C14H17F2N3O2/c1-14(2,3)21-13(20)17-8-5-6-10-9(7-8)11(12(15)16)18-19(10)4/h5-7,12H,1-4H3,(H,17,20). The summed E-state index contributed by atoms with van der Waals surface area (Å²) in [6.45, 7) is 5.23. The van der Waals surface area contributed by atoms with Crippen LogP contribution in [0.5, 0.6) is 0 Å². The SMILES string of the molecule is Cn1nc(C(F)F)c2cc(NC(=O)OC(C)(C)C)ccc21. The van der Waals surface area contributed by atoms with Gasteiger partial charge in [-0.1, -0.05) is 0 Å². The number of fused-ring (bicyclic) bond motifs is 1. The lowest BCUT2D eigenvalue weighted by Crippen LogP contribution is -2.27. The Labute approximate surface area is 120 Å². The normalized spacial score (nSPS) is 12.0. The lowest BCUT2D eigenvalue weighted by Gasteiger charge is -2.19. The van der Waals surface area contributed by atoms with Crippen LogP contribution in [0.3, 0.4) is 0 Å². The summed E-state index contributed by atoms with van der Waals surface area (Å²) in [5.41, 5.74) is 0.0170. The Morgan fingerprint density at radius 2 is 2.05 bits per heavy atom. The zero-order chi connectivity index (χ0) is 15.8. The highest BCUT2D eigenvalue weighted by Gasteiger charge is 2.19. The van der Waals surface area contributed by atoms with Gasteiger partial charge in [0.1, 0.15) is 11.3 Å². The third kappa shape index (κ3) is 3.48. The van der Waals surface area contributed by atoms with Crippen molar-refractivity contribution in [2.75, 3.05) is 5.32 Å². The predicted octanol–water partition coefficient (Wildman–Crippen LogP) is 3.86. The Balaban J connectivity index is 2.30. The summed E-state index contributed by atoms with van der Waals surface area (Å²) >= 11 is 0. The van der Waals surface area contributed by atoms with Crippen LogP contribution in [0.15, 0.2) is 18.2 Å². The minimum Gasteiger partial charge on any atom is -0.444 e. The van der Waals surface area contributed by atoms with Gasteiger partial charge >= 0.3 is 6.09 Å². The second-order valence-corrected chi connectivity index (χ2v) is 5.67.